The molecule has 1 aliphatic heterocycles. The summed E-state index contributed by atoms with van der Waals surface area (Å²) >= 11 is 0. The van der Waals surface area contributed by atoms with E-state index < -0.39 is 0 Å². The van der Waals surface area contributed by atoms with Crippen LogP contribution in [0.4, 0.5) is 5.69 Å². The van der Waals surface area contributed by atoms with E-state index in [9.17, 15) is 4.79 Å². The van der Waals surface area contributed by atoms with Crippen molar-refractivity contribution in [1.82, 2.24) is 0 Å². The summed E-state index contributed by atoms with van der Waals surface area (Å²) < 4.78 is 5.60. The van der Waals surface area contributed by atoms with Crippen LogP contribution in [0.15, 0.2) is 24.3 Å². The van der Waals surface area contributed by atoms with E-state index in [-0.39, 0.29) is 11.4 Å². The van der Waals surface area contributed by atoms with Crippen LogP contribution in [0.25, 0.3) is 0 Å². The Bertz CT molecular complexity index is 427. The van der Waals surface area contributed by atoms with Crippen molar-refractivity contribution < 1.29 is 9.53 Å². The van der Waals surface area contributed by atoms with Crippen LogP contribution in [0.5, 0.6) is 0 Å². The van der Waals surface area contributed by atoms with Gasteiger partial charge < -0.3 is 9.64 Å². The third kappa shape index (κ3) is 2.72. The van der Waals surface area contributed by atoms with Crippen molar-refractivity contribution in [3.63, 3.8) is 0 Å². The van der Waals surface area contributed by atoms with Crippen LogP contribution in [-0.4, -0.2) is 31.6 Å². The van der Waals surface area contributed by atoms with Gasteiger partial charge in [-0.3, -0.25) is 4.79 Å². The van der Waals surface area contributed by atoms with E-state index in [1.54, 1.807) is 14.0 Å². The molecule has 3 nitrogen and oxygen atoms in total. The Kier molecular flexibility index (Phi) is 3.71. The van der Waals surface area contributed by atoms with Crippen LogP contribution in [-0.2, 0) is 4.74 Å². The maximum atomic E-state index is 11.2. The lowest BCUT2D eigenvalue weighted by atomic mass is 9.94. The second kappa shape index (κ2) is 5.11. The number of anilines is 1. The topological polar surface area (TPSA) is 29.5 Å². The van der Waals surface area contributed by atoms with Crippen LogP contribution in [0.3, 0.4) is 0 Å². The third-order valence-corrected chi connectivity index (χ3v) is 3.79. The first-order valence-electron chi connectivity index (χ1n) is 6.45. The van der Waals surface area contributed by atoms with Gasteiger partial charge in [-0.1, -0.05) is 0 Å². The number of benzene rings is 1. The molecule has 3 heteroatoms. The Hall–Kier alpha value is -1.35. The average Bonchev–Trinajstić information content (AvgIpc) is 2.39. The summed E-state index contributed by atoms with van der Waals surface area (Å²) in [5.41, 5.74) is 1.88. The molecule has 1 unspecified atom stereocenters. The number of hydrogen-bond donors (Lipinski definition) is 0. The Labute approximate surface area is 109 Å². The minimum Gasteiger partial charge on any atom is -0.377 e. The highest BCUT2D eigenvalue weighted by Crippen LogP contribution is 2.28. The first-order chi connectivity index (χ1) is 8.54. The quantitative estimate of drug-likeness (QED) is 0.769. The van der Waals surface area contributed by atoms with Crippen molar-refractivity contribution >= 4 is 11.5 Å². The highest BCUT2D eigenvalue weighted by molar-refractivity contribution is 5.94. The minimum absolute atomic E-state index is 0.0580. The molecule has 0 spiro atoms. The van der Waals surface area contributed by atoms with Gasteiger partial charge in [-0.25, -0.2) is 0 Å². The molecule has 0 radical (unpaired) electrons. The van der Waals surface area contributed by atoms with Crippen LogP contribution in [0.1, 0.15) is 37.0 Å². The molecule has 98 valence electrons. The highest BCUT2D eigenvalue weighted by Gasteiger charge is 2.30. The molecular formula is C15H21NO2. The number of piperidine rings is 1. The molecular weight excluding hydrogens is 226 g/mol. The maximum absolute atomic E-state index is 11.2. The fourth-order valence-electron chi connectivity index (χ4n) is 2.50. The summed E-state index contributed by atoms with van der Waals surface area (Å²) in [4.78, 5) is 13.6. The van der Waals surface area contributed by atoms with Crippen molar-refractivity contribution in [3.8, 4) is 0 Å². The number of nitrogens with zero attached hydrogens (tertiary/aromatic N) is 1. The lowest BCUT2D eigenvalue weighted by molar-refractivity contribution is -0.00465. The van der Waals surface area contributed by atoms with Gasteiger partial charge in [0, 0.05) is 31.5 Å². The summed E-state index contributed by atoms with van der Waals surface area (Å²) in [7, 11) is 1.78. The normalized spacial score (nSPS) is 24.1. The maximum Gasteiger partial charge on any atom is 0.159 e. The number of ketones is 1. The molecule has 0 N–H and O–H groups in total. The highest BCUT2D eigenvalue weighted by atomic mass is 16.5. The summed E-state index contributed by atoms with van der Waals surface area (Å²) in [6, 6.07) is 7.85. The lowest BCUT2D eigenvalue weighted by Crippen LogP contribution is -2.47. The van der Waals surface area contributed by atoms with Gasteiger partial charge in [-0.15, -0.1) is 0 Å². The van der Waals surface area contributed by atoms with Crippen molar-refractivity contribution in [3.05, 3.63) is 29.8 Å². The van der Waals surface area contributed by atoms with E-state index in [2.05, 4.69) is 11.8 Å². The van der Waals surface area contributed by atoms with E-state index in [0.717, 1.165) is 31.5 Å². The summed E-state index contributed by atoms with van der Waals surface area (Å²) in [5.74, 6) is 0.113. The molecule has 1 heterocycles. The second-order valence-corrected chi connectivity index (χ2v) is 5.28. The first kappa shape index (κ1) is 13.1. The van der Waals surface area contributed by atoms with Gasteiger partial charge in [-0.2, -0.15) is 0 Å². The molecule has 0 saturated carbocycles. The van der Waals surface area contributed by atoms with Crippen LogP contribution in [0.2, 0.25) is 0 Å². The molecule has 0 aliphatic carbocycles. The van der Waals surface area contributed by atoms with Crippen LogP contribution >= 0.6 is 0 Å². The van der Waals surface area contributed by atoms with Crippen molar-refractivity contribution in [2.45, 2.75) is 32.3 Å². The van der Waals surface area contributed by atoms with Gasteiger partial charge in [0.25, 0.3) is 0 Å². The van der Waals surface area contributed by atoms with Crippen LogP contribution in [0, 0.1) is 0 Å². The monoisotopic (exact) mass is 247 g/mol. The second-order valence-electron chi connectivity index (χ2n) is 5.28. The SMILES string of the molecule is COC1(C)CCCN(c2ccc(C(C)=O)cc2)C1. The standard InChI is InChI=1S/C15H21NO2/c1-12(17)13-5-7-14(8-6-13)16-10-4-9-15(2,11-16)18-3/h5-8H,4,9-11H2,1-3H3. The predicted octanol–water partition coefficient (Wildman–Crippen LogP) is 2.89. The largest absolute Gasteiger partial charge is 0.377 e. The predicted molar refractivity (Wildman–Crippen MR) is 73.3 cm³/mol. The molecule has 0 amide bonds. The van der Waals surface area contributed by atoms with Gasteiger partial charge in [0.05, 0.1) is 5.60 Å². The average molecular weight is 247 g/mol. The smallest absolute Gasteiger partial charge is 0.159 e. The number of carbonyl (C=O) groups excluding carboxylic acids is 1. The number of Topliss-reactive ketones (excluding diaryl/α,β-unsaturated/α-hetero) is 1. The molecule has 1 aliphatic rings. The molecule has 18 heavy (non-hydrogen) atoms. The molecule has 0 aromatic heterocycles. The molecule has 1 aromatic rings. The van der Waals surface area contributed by atoms with E-state index in [1.807, 2.05) is 24.3 Å². The first-order valence-corrected chi connectivity index (χ1v) is 6.45. The number of methoxy groups -OCH3 is 1. The van der Waals surface area contributed by atoms with Crippen molar-refractivity contribution in [2.75, 3.05) is 25.1 Å². The fraction of sp³-hybridized carbons (Fsp3) is 0.533. The third-order valence-electron chi connectivity index (χ3n) is 3.79. The number of rotatable bonds is 3. The summed E-state index contributed by atoms with van der Waals surface area (Å²) in [5, 5.41) is 0. The van der Waals surface area contributed by atoms with Gasteiger partial charge in [0.2, 0.25) is 0 Å². The number of carbonyl (C=O) groups is 1. The minimum atomic E-state index is -0.0580. The molecule has 1 saturated heterocycles. The van der Waals surface area contributed by atoms with E-state index in [4.69, 9.17) is 4.74 Å². The zero-order chi connectivity index (χ0) is 13.2. The molecule has 2 rings (SSSR count). The van der Waals surface area contributed by atoms with Crippen molar-refractivity contribution in [2.24, 2.45) is 0 Å². The zero-order valence-corrected chi connectivity index (χ0v) is 11.4. The summed E-state index contributed by atoms with van der Waals surface area (Å²) in [6.07, 6.45) is 2.24. The number of ether oxygens (including phenoxy) is 1. The molecule has 1 aromatic carbocycles. The van der Waals surface area contributed by atoms with E-state index >= 15 is 0 Å². The van der Waals surface area contributed by atoms with Gasteiger partial charge in [0.1, 0.15) is 0 Å². The fourth-order valence-corrected chi connectivity index (χ4v) is 2.50. The van der Waals surface area contributed by atoms with Gasteiger partial charge in [0.15, 0.2) is 5.78 Å². The molecule has 1 atom stereocenters. The van der Waals surface area contributed by atoms with Gasteiger partial charge in [-0.05, 0) is 51.0 Å². The summed E-state index contributed by atoms with van der Waals surface area (Å²) in [6.45, 7) is 5.71. The van der Waals surface area contributed by atoms with E-state index in [1.165, 1.54) is 5.69 Å². The number of hydrogen-bond acceptors (Lipinski definition) is 3. The van der Waals surface area contributed by atoms with E-state index in [0.29, 0.717) is 0 Å². The lowest BCUT2D eigenvalue weighted by Gasteiger charge is -2.40. The van der Waals surface area contributed by atoms with Crippen molar-refractivity contribution in [1.29, 1.82) is 0 Å². The van der Waals surface area contributed by atoms with Gasteiger partial charge >= 0.3 is 0 Å². The Balaban J connectivity index is 2.14. The zero-order valence-electron chi connectivity index (χ0n) is 11.4. The Morgan fingerprint density at radius 1 is 1.33 bits per heavy atom. The Morgan fingerprint density at radius 3 is 2.56 bits per heavy atom. The Morgan fingerprint density at radius 2 is 2.00 bits per heavy atom. The van der Waals surface area contributed by atoms with Crippen LogP contribution < -0.4 is 4.90 Å². The molecule has 0 bridgehead atoms. The molecule has 1 fully saturated rings.